The molecule has 0 aliphatic heterocycles. The summed E-state index contributed by atoms with van der Waals surface area (Å²) in [6.45, 7) is 4.67. The molecule has 0 saturated carbocycles. The van der Waals surface area contributed by atoms with Crippen LogP contribution >= 0.6 is 0 Å². The van der Waals surface area contributed by atoms with Gasteiger partial charge in [-0.1, -0.05) is 0 Å². The molecule has 0 unspecified atom stereocenters. The van der Waals surface area contributed by atoms with Crippen molar-refractivity contribution < 1.29 is 18.6 Å². The van der Waals surface area contributed by atoms with E-state index in [1.165, 1.54) is 0 Å². The highest BCUT2D eigenvalue weighted by Gasteiger charge is 2.14. The second kappa shape index (κ2) is 7.22. The van der Waals surface area contributed by atoms with Crippen molar-refractivity contribution in [3.8, 4) is 17.2 Å². The molecule has 1 aromatic carbocycles. The van der Waals surface area contributed by atoms with Gasteiger partial charge < -0.3 is 23.9 Å². The van der Waals surface area contributed by atoms with Gasteiger partial charge >= 0.3 is 0 Å². The second-order valence-electron chi connectivity index (χ2n) is 5.08. The molecule has 5 nitrogen and oxygen atoms in total. The molecule has 0 amide bonds. The summed E-state index contributed by atoms with van der Waals surface area (Å²) < 4.78 is 21.7. The molecule has 1 aromatic heterocycles. The molecule has 120 valence electrons. The Hall–Kier alpha value is -2.14. The standard InChI is InChI=1S/C17H23NO4/c1-11-6-7-14(22-11)12(2)18-10-13-8-15(19-3)17(21-5)16(9-13)20-4/h6-9,12,18H,10H2,1-5H3/t12-/m0/s1. The third kappa shape index (κ3) is 3.54. The molecule has 2 aromatic rings. The van der Waals surface area contributed by atoms with Crippen LogP contribution in [0.15, 0.2) is 28.7 Å². The molecular formula is C17H23NO4. The summed E-state index contributed by atoms with van der Waals surface area (Å²) in [5.41, 5.74) is 1.05. The first-order chi connectivity index (χ1) is 10.6. The molecule has 22 heavy (non-hydrogen) atoms. The van der Waals surface area contributed by atoms with Crippen LogP contribution in [0.3, 0.4) is 0 Å². The third-order valence-electron chi connectivity index (χ3n) is 3.52. The Morgan fingerprint density at radius 3 is 2.14 bits per heavy atom. The number of methoxy groups -OCH3 is 3. The number of furan rings is 1. The van der Waals surface area contributed by atoms with E-state index in [2.05, 4.69) is 12.2 Å². The van der Waals surface area contributed by atoms with Crippen LogP contribution in [0.5, 0.6) is 17.2 Å². The Kier molecular flexibility index (Phi) is 5.33. The molecular weight excluding hydrogens is 282 g/mol. The Bertz CT molecular complexity index is 596. The van der Waals surface area contributed by atoms with Gasteiger partial charge in [-0.2, -0.15) is 0 Å². The van der Waals surface area contributed by atoms with Crippen LogP contribution < -0.4 is 19.5 Å². The lowest BCUT2D eigenvalue weighted by molar-refractivity contribution is 0.323. The van der Waals surface area contributed by atoms with E-state index in [0.717, 1.165) is 17.1 Å². The Balaban J connectivity index is 2.12. The van der Waals surface area contributed by atoms with Crippen molar-refractivity contribution in [2.75, 3.05) is 21.3 Å². The highest BCUT2D eigenvalue weighted by atomic mass is 16.5. The number of aryl methyl sites for hydroxylation is 1. The minimum atomic E-state index is 0.118. The van der Waals surface area contributed by atoms with Crippen molar-refractivity contribution in [1.29, 1.82) is 0 Å². The highest BCUT2D eigenvalue weighted by molar-refractivity contribution is 5.53. The zero-order chi connectivity index (χ0) is 16.1. The van der Waals surface area contributed by atoms with E-state index in [-0.39, 0.29) is 6.04 Å². The number of hydrogen-bond donors (Lipinski definition) is 1. The number of benzene rings is 1. The van der Waals surface area contributed by atoms with E-state index in [1.54, 1.807) is 21.3 Å². The first-order valence-corrected chi connectivity index (χ1v) is 7.17. The molecule has 0 aliphatic rings. The van der Waals surface area contributed by atoms with E-state index in [1.807, 2.05) is 31.2 Å². The van der Waals surface area contributed by atoms with E-state index in [9.17, 15) is 0 Å². The van der Waals surface area contributed by atoms with E-state index in [4.69, 9.17) is 18.6 Å². The van der Waals surface area contributed by atoms with Gasteiger partial charge in [0.25, 0.3) is 0 Å². The number of hydrogen-bond acceptors (Lipinski definition) is 5. The van der Waals surface area contributed by atoms with E-state index in [0.29, 0.717) is 23.8 Å². The molecule has 0 spiro atoms. The van der Waals surface area contributed by atoms with Crippen molar-refractivity contribution in [3.05, 3.63) is 41.3 Å². The maximum atomic E-state index is 5.63. The molecule has 0 aliphatic carbocycles. The van der Waals surface area contributed by atoms with Crippen LogP contribution in [0.1, 0.15) is 30.0 Å². The predicted octanol–water partition coefficient (Wildman–Crippen LogP) is 3.46. The quantitative estimate of drug-likeness (QED) is 0.849. The van der Waals surface area contributed by atoms with Gasteiger partial charge in [0, 0.05) is 6.54 Å². The fourth-order valence-corrected chi connectivity index (χ4v) is 2.30. The Morgan fingerprint density at radius 1 is 1.05 bits per heavy atom. The average Bonchev–Trinajstić information content (AvgIpc) is 2.97. The molecule has 0 radical (unpaired) electrons. The maximum Gasteiger partial charge on any atom is 0.203 e. The summed E-state index contributed by atoms with van der Waals surface area (Å²) in [6, 6.07) is 7.95. The zero-order valence-electron chi connectivity index (χ0n) is 13.7. The molecule has 1 N–H and O–H groups in total. The molecule has 0 saturated heterocycles. The lowest BCUT2D eigenvalue weighted by atomic mass is 10.1. The smallest absolute Gasteiger partial charge is 0.203 e. The van der Waals surface area contributed by atoms with Crippen molar-refractivity contribution in [3.63, 3.8) is 0 Å². The summed E-state index contributed by atoms with van der Waals surface area (Å²) in [5.74, 6) is 3.74. The van der Waals surface area contributed by atoms with E-state index < -0.39 is 0 Å². The first-order valence-electron chi connectivity index (χ1n) is 7.17. The lowest BCUT2D eigenvalue weighted by Gasteiger charge is -2.16. The van der Waals surface area contributed by atoms with Crippen LogP contribution in [0.2, 0.25) is 0 Å². The summed E-state index contributed by atoms with van der Waals surface area (Å²) in [7, 11) is 4.82. The van der Waals surface area contributed by atoms with E-state index >= 15 is 0 Å². The van der Waals surface area contributed by atoms with Gasteiger partial charge in [-0.15, -0.1) is 0 Å². The summed E-state index contributed by atoms with van der Waals surface area (Å²) in [5, 5.41) is 3.42. The molecule has 2 rings (SSSR count). The summed E-state index contributed by atoms with van der Waals surface area (Å²) in [4.78, 5) is 0. The molecule has 0 fully saturated rings. The van der Waals surface area contributed by atoms with Gasteiger partial charge in [0.15, 0.2) is 11.5 Å². The fourth-order valence-electron chi connectivity index (χ4n) is 2.30. The van der Waals surface area contributed by atoms with Crippen molar-refractivity contribution in [2.24, 2.45) is 0 Å². The SMILES string of the molecule is COc1cc(CN[C@@H](C)c2ccc(C)o2)cc(OC)c1OC. The fraction of sp³-hybridized carbons (Fsp3) is 0.412. The monoisotopic (exact) mass is 305 g/mol. The molecule has 5 heteroatoms. The van der Waals surface area contributed by atoms with Gasteiger partial charge in [-0.05, 0) is 43.7 Å². The topological polar surface area (TPSA) is 52.9 Å². The third-order valence-corrected chi connectivity index (χ3v) is 3.52. The van der Waals surface area contributed by atoms with Crippen molar-refractivity contribution in [2.45, 2.75) is 26.4 Å². The van der Waals surface area contributed by atoms with Gasteiger partial charge in [0.05, 0.1) is 27.4 Å². The number of nitrogens with one attached hydrogen (secondary N) is 1. The molecule has 1 atom stereocenters. The number of ether oxygens (including phenoxy) is 3. The first kappa shape index (κ1) is 16.2. The lowest BCUT2D eigenvalue weighted by Crippen LogP contribution is -2.17. The van der Waals surface area contributed by atoms with Gasteiger partial charge in [-0.3, -0.25) is 0 Å². The molecule has 0 bridgehead atoms. The van der Waals surface area contributed by atoms with Gasteiger partial charge in [0.2, 0.25) is 5.75 Å². The van der Waals surface area contributed by atoms with Gasteiger partial charge in [0.1, 0.15) is 11.5 Å². The minimum Gasteiger partial charge on any atom is -0.493 e. The van der Waals surface area contributed by atoms with Crippen LogP contribution in [-0.2, 0) is 6.54 Å². The van der Waals surface area contributed by atoms with Crippen LogP contribution in [0.4, 0.5) is 0 Å². The van der Waals surface area contributed by atoms with Crippen molar-refractivity contribution >= 4 is 0 Å². The van der Waals surface area contributed by atoms with Gasteiger partial charge in [-0.25, -0.2) is 0 Å². The summed E-state index contributed by atoms with van der Waals surface area (Å²) >= 11 is 0. The Labute approximate surface area is 131 Å². The predicted molar refractivity (Wildman–Crippen MR) is 84.8 cm³/mol. The van der Waals surface area contributed by atoms with Crippen molar-refractivity contribution in [1.82, 2.24) is 5.32 Å². The van der Waals surface area contributed by atoms with Crippen LogP contribution in [0.25, 0.3) is 0 Å². The largest absolute Gasteiger partial charge is 0.493 e. The maximum absolute atomic E-state index is 5.63. The Morgan fingerprint density at radius 2 is 1.68 bits per heavy atom. The highest BCUT2D eigenvalue weighted by Crippen LogP contribution is 2.38. The second-order valence-corrected chi connectivity index (χ2v) is 5.08. The summed E-state index contributed by atoms with van der Waals surface area (Å²) in [6.07, 6.45) is 0. The zero-order valence-corrected chi connectivity index (χ0v) is 13.7. The number of rotatable bonds is 7. The minimum absolute atomic E-state index is 0.118. The normalized spacial score (nSPS) is 12.0. The van der Waals surface area contributed by atoms with Crippen LogP contribution in [0, 0.1) is 6.92 Å². The molecule has 1 heterocycles. The van der Waals surface area contributed by atoms with Crippen LogP contribution in [-0.4, -0.2) is 21.3 Å². The average molecular weight is 305 g/mol.